The highest BCUT2D eigenvalue weighted by atomic mass is 79.9. The lowest BCUT2D eigenvalue weighted by Gasteiger charge is -2.33. The van der Waals surface area contributed by atoms with Crippen molar-refractivity contribution in [3.8, 4) is 0 Å². The van der Waals surface area contributed by atoms with Crippen molar-refractivity contribution in [2.24, 2.45) is 0 Å². The van der Waals surface area contributed by atoms with Crippen LogP contribution >= 0.6 is 27.3 Å². The number of rotatable bonds is 4. The Morgan fingerprint density at radius 2 is 2.25 bits per heavy atom. The van der Waals surface area contributed by atoms with E-state index in [4.69, 9.17) is 4.74 Å². The van der Waals surface area contributed by atoms with Crippen molar-refractivity contribution in [3.63, 3.8) is 0 Å². The zero-order valence-electron chi connectivity index (χ0n) is 11.4. The van der Waals surface area contributed by atoms with Gasteiger partial charge >= 0.3 is 0 Å². The van der Waals surface area contributed by atoms with Crippen molar-refractivity contribution in [2.75, 3.05) is 13.2 Å². The standard InChI is InChI=1S/C16H18BrNOS/c1-2-18-15(13-9-20-10-14(13)17)16-12-6-4-3-5-11(12)7-8-19-16/h3-6,9-10,15-16,18H,2,7-8H2,1H3. The second kappa shape index (κ2) is 6.39. The van der Waals surface area contributed by atoms with E-state index in [0.29, 0.717) is 0 Å². The molecular weight excluding hydrogens is 334 g/mol. The van der Waals surface area contributed by atoms with Gasteiger partial charge in [0.25, 0.3) is 0 Å². The smallest absolute Gasteiger partial charge is 0.102 e. The summed E-state index contributed by atoms with van der Waals surface area (Å²) >= 11 is 5.38. The fourth-order valence-electron chi connectivity index (χ4n) is 2.81. The zero-order chi connectivity index (χ0) is 13.9. The maximum atomic E-state index is 6.12. The van der Waals surface area contributed by atoms with Gasteiger partial charge in [-0.1, -0.05) is 31.2 Å². The van der Waals surface area contributed by atoms with E-state index in [9.17, 15) is 0 Å². The van der Waals surface area contributed by atoms with E-state index in [1.807, 2.05) is 0 Å². The third kappa shape index (κ3) is 2.70. The van der Waals surface area contributed by atoms with Gasteiger partial charge in [-0.15, -0.1) is 0 Å². The Hall–Kier alpha value is -0.680. The van der Waals surface area contributed by atoms with Gasteiger partial charge in [0.05, 0.1) is 12.6 Å². The molecule has 106 valence electrons. The zero-order valence-corrected chi connectivity index (χ0v) is 13.8. The van der Waals surface area contributed by atoms with Gasteiger partial charge in [0.2, 0.25) is 0 Å². The van der Waals surface area contributed by atoms with Crippen molar-refractivity contribution in [2.45, 2.75) is 25.5 Å². The largest absolute Gasteiger partial charge is 0.371 e. The lowest BCUT2D eigenvalue weighted by atomic mass is 9.91. The summed E-state index contributed by atoms with van der Waals surface area (Å²) in [6.07, 6.45) is 1.10. The van der Waals surface area contributed by atoms with Crippen molar-refractivity contribution in [1.29, 1.82) is 0 Å². The summed E-state index contributed by atoms with van der Waals surface area (Å²) in [5, 5.41) is 7.93. The Morgan fingerprint density at radius 1 is 1.40 bits per heavy atom. The highest BCUT2D eigenvalue weighted by Gasteiger charge is 2.30. The molecule has 20 heavy (non-hydrogen) atoms. The molecule has 3 rings (SSSR count). The lowest BCUT2D eigenvalue weighted by molar-refractivity contribution is 0.0150. The first-order valence-electron chi connectivity index (χ1n) is 6.95. The number of likely N-dealkylation sites (N-methyl/N-ethyl adjacent to an activating group) is 1. The van der Waals surface area contributed by atoms with Crippen LogP contribution in [0.15, 0.2) is 39.5 Å². The quantitative estimate of drug-likeness (QED) is 0.876. The van der Waals surface area contributed by atoms with Crippen LogP contribution in [0.5, 0.6) is 0 Å². The topological polar surface area (TPSA) is 21.3 Å². The molecule has 2 heterocycles. The van der Waals surface area contributed by atoms with Gasteiger partial charge in [-0.3, -0.25) is 0 Å². The molecule has 1 aliphatic rings. The van der Waals surface area contributed by atoms with E-state index >= 15 is 0 Å². The highest BCUT2D eigenvalue weighted by molar-refractivity contribution is 9.10. The van der Waals surface area contributed by atoms with Gasteiger partial charge in [0, 0.05) is 9.85 Å². The van der Waals surface area contributed by atoms with Gasteiger partial charge in [-0.05, 0) is 51.0 Å². The number of thiophene rings is 1. The third-order valence-corrected chi connectivity index (χ3v) is 5.49. The summed E-state index contributed by atoms with van der Waals surface area (Å²) in [5.41, 5.74) is 4.03. The van der Waals surface area contributed by atoms with E-state index in [1.54, 1.807) is 11.3 Å². The fourth-order valence-corrected chi connectivity index (χ4v) is 4.39. The average Bonchev–Trinajstić information content (AvgIpc) is 2.90. The van der Waals surface area contributed by atoms with Crippen LogP contribution in [-0.4, -0.2) is 13.2 Å². The molecule has 1 N–H and O–H groups in total. The molecule has 2 atom stereocenters. The van der Waals surface area contributed by atoms with Crippen LogP contribution < -0.4 is 5.32 Å². The van der Waals surface area contributed by atoms with E-state index in [1.165, 1.54) is 21.2 Å². The number of benzene rings is 1. The minimum atomic E-state index is 0.0887. The summed E-state index contributed by atoms with van der Waals surface area (Å²) in [6.45, 7) is 3.86. The minimum Gasteiger partial charge on any atom is -0.371 e. The minimum absolute atomic E-state index is 0.0887. The Labute approximate surface area is 132 Å². The first kappa shape index (κ1) is 14.3. The van der Waals surface area contributed by atoms with Gasteiger partial charge in [0.1, 0.15) is 6.10 Å². The molecule has 0 saturated heterocycles. The Bertz CT molecular complexity index is 583. The Balaban J connectivity index is 1.99. The van der Waals surface area contributed by atoms with Crippen LogP contribution in [0, 0.1) is 0 Å². The van der Waals surface area contributed by atoms with Gasteiger partial charge in [-0.25, -0.2) is 0 Å². The van der Waals surface area contributed by atoms with Gasteiger partial charge in [-0.2, -0.15) is 11.3 Å². The fraction of sp³-hybridized carbons (Fsp3) is 0.375. The van der Waals surface area contributed by atoms with E-state index in [2.05, 4.69) is 63.2 Å². The molecule has 0 saturated carbocycles. The number of ether oxygens (including phenoxy) is 1. The van der Waals surface area contributed by atoms with Crippen molar-refractivity contribution < 1.29 is 4.74 Å². The first-order valence-corrected chi connectivity index (χ1v) is 8.69. The third-order valence-electron chi connectivity index (χ3n) is 3.73. The Morgan fingerprint density at radius 3 is 3.00 bits per heavy atom. The summed E-state index contributed by atoms with van der Waals surface area (Å²) in [4.78, 5) is 0. The molecule has 1 aromatic heterocycles. The molecule has 0 aliphatic carbocycles. The van der Waals surface area contributed by atoms with Gasteiger partial charge in [0.15, 0.2) is 0 Å². The van der Waals surface area contributed by atoms with Crippen molar-refractivity contribution in [1.82, 2.24) is 5.32 Å². The average molecular weight is 352 g/mol. The molecule has 1 aromatic carbocycles. The molecule has 2 unspecified atom stereocenters. The lowest BCUT2D eigenvalue weighted by Crippen LogP contribution is -2.31. The van der Waals surface area contributed by atoms with Crippen molar-refractivity contribution >= 4 is 27.3 Å². The van der Waals surface area contributed by atoms with Gasteiger partial charge < -0.3 is 10.1 Å². The molecule has 0 radical (unpaired) electrons. The van der Waals surface area contributed by atoms with E-state index < -0.39 is 0 Å². The van der Waals surface area contributed by atoms with Crippen LogP contribution in [-0.2, 0) is 11.2 Å². The molecule has 0 fully saturated rings. The summed E-state index contributed by atoms with van der Waals surface area (Å²) in [7, 11) is 0. The first-order chi connectivity index (χ1) is 9.81. The SMILES string of the molecule is CCNC(c1cscc1Br)C1OCCc2ccccc21. The molecule has 0 amide bonds. The number of hydrogen-bond donors (Lipinski definition) is 1. The molecule has 2 aromatic rings. The maximum absolute atomic E-state index is 6.12. The summed E-state index contributed by atoms with van der Waals surface area (Å²) in [6, 6.07) is 8.83. The predicted octanol–water partition coefficient (Wildman–Crippen LogP) is 4.48. The number of nitrogens with one attached hydrogen (secondary N) is 1. The van der Waals surface area contributed by atoms with Crippen LogP contribution in [0.25, 0.3) is 0 Å². The maximum Gasteiger partial charge on any atom is 0.102 e. The van der Waals surface area contributed by atoms with Crippen LogP contribution in [0.4, 0.5) is 0 Å². The normalized spacial score (nSPS) is 19.6. The number of fused-ring (bicyclic) bond motifs is 1. The number of hydrogen-bond acceptors (Lipinski definition) is 3. The summed E-state index contributed by atoms with van der Waals surface area (Å²) in [5.74, 6) is 0. The monoisotopic (exact) mass is 351 g/mol. The molecule has 2 nitrogen and oxygen atoms in total. The van der Waals surface area contributed by atoms with Crippen LogP contribution in [0.3, 0.4) is 0 Å². The highest BCUT2D eigenvalue weighted by Crippen LogP contribution is 2.40. The molecule has 4 heteroatoms. The van der Waals surface area contributed by atoms with E-state index in [0.717, 1.165) is 19.6 Å². The predicted molar refractivity (Wildman–Crippen MR) is 87.3 cm³/mol. The summed E-state index contributed by atoms with van der Waals surface area (Å²) < 4.78 is 7.29. The molecule has 0 spiro atoms. The molecule has 0 bridgehead atoms. The number of halogens is 1. The second-order valence-electron chi connectivity index (χ2n) is 4.95. The van der Waals surface area contributed by atoms with Crippen LogP contribution in [0.1, 0.15) is 35.8 Å². The molecular formula is C16H18BrNOS. The molecule has 1 aliphatic heterocycles. The van der Waals surface area contributed by atoms with Crippen molar-refractivity contribution in [3.05, 3.63) is 56.2 Å². The van der Waals surface area contributed by atoms with E-state index in [-0.39, 0.29) is 12.1 Å². The Kier molecular flexibility index (Phi) is 4.56. The second-order valence-corrected chi connectivity index (χ2v) is 6.55. The van der Waals surface area contributed by atoms with Crippen LogP contribution in [0.2, 0.25) is 0 Å².